The van der Waals surface area contributed by atoms with E-state index in [0.717, 1.165) is 30.1 Å². The lowest BCUT2D eigenvalue weighted by Gasteiger charge is -2.08. The molecule has 1 aromatic carbocycles. The summed E-state index contributed by atoms with van der Waals surface area (Å²) in [6.07, 6.45) is 2.62. The predicted molar refractivity (Wildman–Crippen MR) is 77.0 cm³/mol. The van der Waals surface area contributed by atoms with Crippen molar-refractivity contribution in [2.45, 2.75) is 13.3 Å². The molecule has 0 aliphatic carbocycles. The molecule has 0 amide bonds. The maximum atomic E-state index is 5.77. The van der Waals surface area contributed by atoms with Crippen LogP contribution in [0, 0.1) is 6.92 Å². The van der Waals surface area contributed by atoms with Gasteiger partial charge in [-0.3, -0.25) is 0 Å². The molecule has 4 nitrogen and oxygen atoms in total. The van der Waals surface area contributed by atoms with Gasteiger partial charge in [-0.1, -0.05) is 12.1 Å². The smallest absolute Gasteiger partial charge is 0.224 e. The van der Waals surface area contributed by atoms with E-state index in [0.29, 0.717) is 0 Å². The van der Waals surface area contributed by atoms with Crippen LogP contribution in [0.1, 0.15) is 11.1 Å². The van der Waals surface area contributed by atoms with Gasteiger partial charge in [0.2, 0.25) is 5.28 Å². The SMILES string of the molecule is COc1ccc(CCNc2nc(Cl)ncc2C)cc1. The predicted octanol–water partition coefficient (Wildman–Crippen LogP) is 3.10. The Morgan fingerprint density at radius 1 is 1.26 bits per heavy atom. The fourth-order valence-corrected chi connectivity index (χ4v) is 1.85. The van der Waals surface area contributed by atoms with E-state index in [1.165, 1.54) is 5.56 Å². The van der Waals surface area contributed by atoms with Crippen LogP contribution in [0.3, 0.4) is 0 Å². The molecule has 0 radical (unpaired) electrons. The Bertz CT molecular complexity index is 543. The number of aromatic nitrogens is 2. The number of anilines is 1. The minimum absolute atomic E-state index is 0.262. The van der Waals surface area contributed by atoms with E-state index >= 15 is 0 Å². The van der Waals surface area contributed by atoms with Gasteiger partial charge in [0.25, 0.3) is 0 Å². The number of nitrogens with one attached hydrogen (secondary N) is 1. The summed E-state index contributed by atoms with van der Waals surface area (Å²) in [5.41, 5.74) is 2.23. The molecule has 1 aromatic heterocycles. The summed E-state index contributed by atoms with van der Waals surface area (Å²) in [5, 5.41) is 3.53. The molecule has 0 atom stereocenters. The maximum Gasteiger partial charge on any atom is 0.224 e. The zero-order chi connectivity index (χ0) is 13.7. The molecule has 100 valence electrons. The first-order valence-electron chi connectivity index (χ1n) is 6.05. The number of rotatable bonds is 5. The van der Waals surface area contributed by atoms with E-state index < -0.39 is 0 Å². The largest absolute Gasteiger partial charge is 0.497 e. The van der Waals surface area contributed by atoms with Gasteiger partial charge in [0.1, 0.15) is 11.6 Å². The number of methoxy groups -OCH3 is 1. The molecule has 0 spiro atoms. The van der Waals surface area contributed by atoms with Crippen LogP contribution in [-0.2, 0) is 6.42 Å². The highest BCUT2D eigenvalue weighted by atomic mass is 35.5. The molecule has 5 heteroatoms. The van der Waals surface area contributed by atoms with Gasteiger partial charge in [-0.2, -0.15) is 0 Å². The number of halogens is 1. The van der Waals surface area contributed by atoms with Gasteiger partial charge in [0, 0.05) is 18.3 Å². The minimum Gasteiger partial charge on any atom is -0.497 e. The van der Waals surface area contributed by atoms with Crippen LogP contribution < -0.4 is 10.1 Å². The third-order valence-electron chi connectivity index (χ3n) is 2.81. The molecule has 19 heavy (non-hydrogen) atoms. The third-order valence-corrected chi connectivity index (χ3v) is 2.99. The quantitative estimate of drug-likeness (QED) is 0.853. The van der Waals surface area contributed by atoms with Crippen LogP contribution in [0.5, 0.6) is 5.75 Å². The van der Waals surface area contributed by atoms with Crippen LogP contribution >= 0.6 is 11.6 Å². The molecular formula is C14H16ClN3O. The molecule has 0 saturated carbocycles. The average Bonchev–Trinajstić information content (AvgIpc) is 2.43. The molecule has 0 unspecified atom stereocenters. The Balaban J connectivity index is 1.90. The number of hydrogen-bond donors (Lipinski definition) is 1. The number of nitrogens with zero attached hydrogens (tertiary/aromatic N) is 2. The molecule has 0 aliphatic heterocycles. The van der Waals surface area contributed by atoms with Gasteiger partial charge in [-0.25, -0.2) is 9.97 Å². The monoisotopic (exact) mass is 277 g/mol. The maximum absolute atomic E-state index is 5.77. The van der Waals surface area contributed by atoms with E-state index in [1.807, 2.05) is 19.1 Å². The zero-order valence-corrected chi connectivity index (χ0v) is 11.7. The standard InChI is InChI=1S/C14H16ClN3O/c1-10-9-17-14(15)18-13(10)16-8-7-11-3-5-12(19-2)6-4-11/h3-6,9H,7-8H2,1-2H3,(H,16,17,18). The molecule has 1 heterocycles. The van der Waals surface area contributed by atoms with Crippen LogP contribution in [0.4, 0.5) is 5.82 Å². The Morgan fingerprint density at radius 2 is 2.00 bits per heavy atom. The molecule has 0 bridgehead atoms. The first-order valence-corrected chi connectivity index (χ1v) is 6.43. The van der Waals surface area contributed by atoms with Crippen molar-refractivity contribution in [3.8, 4) is 5.75 Å². The number of benzene rings is 1. The summed E-state index contributed by atoms with van der Waals surface area (Å²) >= 11 is 5.77. The second-order valence-corrected chi connectivity index (χ2v) is 4.53. The molecule has 2 rings (SSSR count). The second-order valence-electron chi connectivity index (χ2n) is 4.20. The van der Waals surface area contributed by atoms with Crippen LogP contribution in [-0.4, -0.2) is 23.6 Å². The fourth-order valence-electron chi connectivity index (χ4n) is 1.72. The summed E-state index contributed by atoms with van der Waals surface area (Å²) in [5.74, 6) is 1.66. The highest BCUT2D eigenvalue weighted by Crippen LogP contribution is 2.14. The highest BCUT2D eigenvalue weighted by molar-refractivity contribution is 6.28. The Morgan fingerprint density at radius 3 is 2.68 bits per heavy atom. The Labute approximate surface area is 117 Å². The van der Waals surface area contributed by atoms with Crippen molar-refractivity contribution in [1.29, 1.82) is 0 Å². The topological polar surface area (TPSA) is 47.0 Å². The second kappa shape index (κ2) is 6.38. The van der Waals surface area contributed by atoms with Crippen molar-refractivity contribution in [3.05, 3.63) is 46.9 Å². The van der Waals surface area contributed by atoms with Crippen molar-refractivity contribution >= 4 is 17.4 Å². The summed E-state index contributed by atoms with van der Waals surface area (Å²) in [6.45, 7) is 2.74. The normalized spacial score (nSPS) is 10.3. The van der Waals surface area contributed by atoms with E-state index in [1.54, 1.807) is 13.3 Å². The van der Waals surface area contributed by atoms with E-state index in [9.17, 15) is 0 Å². The van der Waals surface area contributed by atoms with Gasteiger partial charge >= 0.3 is 0 Å². The van der Waals surface area contributed by atoms with Gasteiger partial charge in [0.05, 0.1) is 7.11 Å². The first kappa shape index (κ1) is 13.6. The number of aryl methyl sites for hydroxylation is 1. The van der Waals surface area contributed by atoms with E-state index in [-0.39, 0.29) is 5.28 Å². The first-order chi connectivity index (χ1) is 9.19. The van der Waals surface area contributed by atoms with Crippen LogP contribution in [0.15, 0.2) is 30.5 Å². The summed E-state index contributed by atoms with van der Waals surface area (Å²) in [6, 6.07) is 8.03. The summed E-state index contributed by atoms with van der Waals surface area (Å²) in [4.78, 5) is 8.08. The molecule has 2 aromatic rings. The minimum atomic E-state index is 0.262. The van der Waals surface area contributed by atoms with Gasteiger partial charge < -0.3 is 10.1 Å². The molecule has 0 saturated heterocycles. The van der Waals surface area contributed by atoms with Crippen molar-refractivity contribution in [2.75, 3.05) is 19.0 Å². The zero-order valence-electron chi connectivity index (χ0n) is 11.0. The molecule has 1 N–H and O–H groups in total. The Kier molecular flexibility index (Phi) is 4.58. The fraction of sp³-hybridized carbons (Fsp3) is 0.286. The van der Waals surface area contributed by atoms with Crippen molar-refractivity contribution < 1.29 is 4.74 Å². The lowest BCUT2D eigenvalue weighted by molar-refractivity contribution is 0.414. The molecule has 0 fully saturated rings. The summed E-state index contributed by atoms with van der Waals surface area (Å²) in [7, 11) is 1.66. The number of ether oxygens (including phenoxy) is 1. The average molecular weight is 278 g/mol. The van der Waals surface area contributed by atoms with Crippen molar-refractivity contribution in [3.63, 3.8) is 0 Å². The Hall–Kier alpha value is -1.81. The van der Waals surface area contributed by atoms with E-state index in [2.05, 4.69) is 27.4 Å². The number of hydrogen-bond acceptors (Lipinski definition) is 4. The molecular weight excluding hydrogens is 262 g/mol. The van der Waals surface area contributed by atoms with Crippen LogP contribution in [0.25, 0.3) is 0 Å². The third kappa shape index (κ3) is 3.83. The van der Waals surface area contributed by atoms with Gasteiger partial charge in [-0.15, -0.1) is 0 Å². The van der Waals surface area contributed by atoms with Crippen LogP contribution in [0.2, 0.25) is 5.28 Å². The lowest BCUT2D eigenvalue weighted by Crippen LogP contribution is -2.08. The molecule has 0 aliphatic rings. The van der Waals surface area contributed by atoms with E-state index in [4.69, 9.17) is 16.3 Å². The van der Waals surface area contributed by atoms with Gasteiger partial charge in [0.15, 0.2) is 0 Å². The van der Waals surface area contributed by atoms with Crippen molar-refractivity contribution in [2.24, 2.45) is 0 Å². The van der Waals surface area contributed by atoms with Crippen molar-refractivity contribution in [1.82, 2.24) is 9.97 Å². The highest BCUT2D eigenvalue weighted by Gasteiger charge is 2.02. The summed E-state index contributed by atoms with van der Waals surface area (Å²) < 4.78 is 5.12. The lowest BCUT2D eigenvalue weighted by atomic mass is 10.1. The van der Waals surface area contributed by atoms with Gasteiger partial charge in [-0.05, 0) is 42.6 Å².